The second kappa shape index (κ2) is 6.35. The van der Waals surface area contributed by atoms with E-state index in [1.54, 1.807) is 31.1 Å². The fourth-order valence-electron chi connectivity index (χ4n) is 3.53. The van der Waals surface area contributed by atoms with Crippen LogP contribution in [0.1, 0.15) is 12.8 Å². The van der Waals surface area contributed by atoms with Crippen LogP contribution in [0.15, 0.2) is 24.3 Å². The Kier molecular flexibility index (Phi) is 4.43. The van der Waals surface area contributed by atoms with Crippen LogP contribution in [-0.2, 0) is 4.74 Å². The molecule has 2 aliphatic heterocycles. The summed E-state index contributed by atoms with van der Waals surface area (Å²) in [5, 5.41) is 0. The lowest BCUT2D eigenvalue weighted by atomic mass is 9.90. The van der Waals surface area contributed by atoms with E-state index in [1.807, 2.05) is 11.0 Å². The van der Waals surface area contributed by atoms with Gasteiger partial charge in [0.15, 0.2) is 0 Å². The van der Waals surface area contributed by atoms with E-state index in [2.05, 4.69) is 4.90 Å². The molecule has 2 aliphatic rings. The molecule has 23 heavy (non-hydrogen) atoms. The number of morpholine rings is 1. The van der Waals surface area contributed by atoms with Gasteiger partial charge in [-0.05, 0) is 31.0 Å². The number of amides is 2. The Morgan fingerprint density at radius 3 is 2.87 bits per heavy atom. The van der Waals surface area contributed by atoms with Crippen LogP contribution in [0.4, 0.5) is 14.9 Å². The van der Waals surface area contributed by atoms with Crippen molar-refractivity contribution in [3.05, 3.63) is 30.1 Å². The molecule has 2 amide bonds. The predicted octanol–water partition coefficient (Wildman–Crippen LogP) is 2.18. The summed E-state index contributed by atoms with van der Waals surface area (Å²) in [6.07, 6.45) is 1.90. The molecular weight excluding hydrogens is 297 g/mol. The molecule has 1 atom stereocenters. The van der Waals surface area contributed by atoms with Crippen LogP contribution in [0.5, 0.6) is 0 Å². The molecule has 6 heteroatoms. The molecule has 126 valence electrons. The number of ether oxygens (including phenoxy) is 1. The molecule has 2 saturated heterocycles. The van der Waals surface area contributed by atoms with Crippen LogP contribution in [0.2, 0.25) is 0 Å². The van der Waals surface area contributed by atoms with Gasteiger partial charge >= 0.3 is 6.03 Å². The largest absolute Gasteiger partial charge is 0.369 e. The maximum absolute atomic E-state index is 13.5. The van der Waals surface area contributed by atoms with Crippen LogP contribution in [-0.4, -0.2) is 68.3 Å². The first kappa shape index (κ1) is 16.1. The van der Waals surface area contributed by atoms with E-state index >= 15 is 0 Å². The first-order valence-electron chi connectivity index (χ1n) is 8.10. The summed E-state index contributed by atoms with van der Waals surface area (Å²) >= 11 is 0. The first-order valence-corrected chi connectivity index (χ1v) is 8.10. The van der Waals surface area contributed by atoms with Gasteiger partial charge in [-0.25, -0.2) is 9.18 Å². The summed E-state index contributed by atoms with van der Waals surface area (Å²) < 4.78 is 19.6. The van der Waals surface area contributed by atoms with Gasteiger partial charge in [-0.15, -0.1) is 0 Å². The van der Waals surface area contributed by atoms with Crippen LogP contribution in [0, 0.1) is 5.82 Å². The molecule has 0 saturated carbocycles. The minimum absolute atomic E-state index is 0.0237. The van der Waals surface area contributed by atoms with Crippen molar-refractivity contribution in [2.45, 2.75) is 18.4 Å². The monoisotopic (exact) mass is 321 g/mol. The Labute approximate surface area is 136 Å². The third-order valence-corrected chi connectivity index (χ3v) is 4.61. The Hall–Kier alpha value is -1.82. The number of nitrogens with zero attached hydrogens (tertiary/aromatic N) is 3. The van der Waals surface area contributed by atoms with Crippen LogP contribution in [0.3, 0.4) is 0 Å². The number of piperidine rings is 1. The Bertz CT molecular complexity index is 577. The first-order chi connectivity index (χ1) is 11.0. The van der Waals surface area contributed by atoms with Crippen molar-refractivity contribution in [3.63, 3.8) is 0 Å². The average molecular weight is 321 g/mol. The summed E-state index contributed by atoms with van der Waals surface area (Å²) in [6, 6.07) is 6.70. The lowest BCUT2D eigenvalue weighted by molar-refractivity contribution is -0.104. The number of rotatable bonds is 1. The predicted molar refractivity (Wildman–Crippen MR) is 87.2 cm³/mol. The standard InChI is InChI=1S/C17H24FN3O2/c1-19(2)16(22)21-9-10-23-17(13-21)7-4-8-20(12-17)15-6-3-5-14(18)11-15/h3,5-6,11H,4,7-10,12-13H2,1-2H3. The second-order valence-electron chi connectivity index (χ2n) is 6.64. The molecule has 3 rings (SSSR count). The maximum Gasteiger partial charge on any atom is 0.319 e. The molecule has 1 unspecified atom stereocenters. The van der Waals surface area contributed by atoms with E-state index in [0.29, 0.717) is 26.2 Å². The Morgan fingerprint density at radius 1 is 1.30 bits per heavy atom. The van der Waals surface area contributed by atoms with Crippen molar-refractivity contribution in [2.75, 3.05) is 51.8 Å². The zero-order valence-corrected chi connectivity index (χ0v) is 13.8. The number of carbonyl (C=O) groups excluding carboxylic acids is 1. The Morgan fingerprint density at radius 2 is 2.13 bits per heavy atom. The van der Waals surface area contributed by atoms with Crippen molar-refractivity contribution in [1.82, 2.24) is 9.80 Å². The lowest BCUT2D eigenvalue weighted by Gasteiger charge is -2.48. The zero-order chi connectivity index (χ0) is 16.4. The molecule has 5 nitrogen and oxygen atoms in total. The van der Waals surface area contributed by atoms with Gasteiger partial charge in [0.1, 0.15) is 11.4 Å². The van der Waals surface area contributed by atoms with Gasteiger partial charge < -0.3 is 19.4 Å². The summed E-state index contributed by atoms with van der Waals surface area (Å²) in [4.78, 5) is 17.9. The van der Waals surface area contributed by atoms with Crippen molar-refractivity contribution in [1.29, 1.82) is 0 Å². The molecule has 1 aromatic carbocycles. The molecule has 1 spiro atoms. The highest BCUT2D eigenvalue weighted by atomic mass is 19.1. The van der Waals surface area contributed by atoms with Crippen LogP contribution < -0.4 is 4.90 Å². The molecule has 0 aromatic heterocycles. The van der Waals surface area contributed by atoms with E-state index in [9.17, 15) is 9.18 Å². The van der Waals surface area contributed by atoms with Gasteiger partial charge in [-0.1, -0.05) is 6.07 Å². The van der Waals surface area contributed by atoms with Gasteiger partial charge in [0.05, 0.1) is 13.2 Å². The molecular formula is C17H24FN3O2. The van der Waals surface area contributed by atoms with E-state index in [4.69, 9.17) is 4.74 Å². The molecule has 0 N–H and O–H groups in total. The summed E-state index contributed by atoms with van der Waals surface area (Å²) in [7, 11) is 3.54. The maximum atomic E-state index is 13.5. The molecule has 0 bridgehead atoms. The van der Waals surface area contributed by atoms with Gasteiger partial charge in [0.2, 0.25) is 0 Å². The number of benzene rings is 1. The second-order valence-corrected chi connectivity index (χ2v) is 6.64. The molecule has 2 fully saturated rings. The number of carbonyl (C=O) groups is 1. The van der Waals surface area contributed by atoms with Gasteiger partial charge in [0.25, 0.3) is 0 Å². The van der Waals surface area contributed by atoms with E-state index in [0.717, 1.165) is 25.1 Å². The van der Waals surface area contributed by atoms with E-state index in [1.165, 1.54) is 6.07 Å². The number of anilines is 1. The van der Waals surface area contributed by atoms with Crippen molar-refractivity contribution in [2.24, 2.45) is 0 Å². The summed E-state index contributed by atoms with van der Waals surface area (Å²) in [6.45, 7) is 3.34. The minimum Gasteiger partial charge on any atom is -0.369 e. The molecule has 0 radical (unpaired) electrons. The SMILES string of the molecule is CN(C)C(=O)N1CCOC2(CCCN(c3cccc(F)c3)C2)C1. The number of halogens is 1. The van der Waals surface area contributed by atoms with Gasteiger partial charge in [-0.2, -0.15) is 0 Å². The topological polar surface area (TPSA) is 36.0 Å². The van der Waals surface area contributed by atoms with E-state index in [-0.39, 0.29) is 17.4 Å². The van der Waals surface area contributed by atoms with E-state index < -0.39 is 0 Å². The fraction of sp³-hybridized carbons (Fsp3) is 0.588. The van der Waals surface area contributed by atoms with Crippen LogP contribution >= 0.6 is 0 Å². The third-order valence-electron chi connectivity index (χ3n) is 4.61. The fourth-order valence-corrected chi connectivity index (χ4v) is 3.53. The van der Waals surface area contributed by atoms with Crippen LogP contribution in [0.25, 0.3) is 0 Å². The van der Waals surface area contributed by atoms with Gasteiger partial charge in [-0.3, -0.25) is 0 Å². The number of urea groups is 1. The highest BCUT2D eigenvalue weighted by Crippen LogP contribution is 2.32. The molecule has 1 aromatic rings. The highest BCUT2D eigenvalue weighted by molar-refractivity contribution is 5.74. The molecule has 2 heterocycles. The van der Waals surface area contributed by atoms with Crippen molar-refractivity contribution < 1.29 is 13.9 Å². The van der Waals surface area contributed by atoms with Gasteiger partial charge in [0, 0.05) is 39.4 Å². The Balaban J connectivity index is 1.75. The average Bonchev–Trinajstić information content (AvgIpc) is 2.54. The molecule has 0 aliphatic carbocycles. The quantitative estimate of drug-likeness (QED) is 0.795. The normalized spacial score (nSPS) is 24.8. The summed E-state index contributed by atoms with van der Waals surface area (Å²) in [5.74, 6) is -0.226. The zero-order valence-electron chi connectivity index (χ0n) is 13.8. The van der Waals surface area contributed by atoms with Crippen molar-refractivity contribution >= 4 is 11.7 Å². The summed E-state index contributed by atoms with van der Waals surface area (Å²) in [5.41, 5.74) is 0.526. The smallest absolute Gasteiger partial charge is 0.319 e. The highest BCUT2D eigenvalue weighted by Gasteiger charge is 2.42. The number of hydrogen-bond donors (Lipinski definition) is 0. The number of hydrogen-bond acceptors (Lipinski definition) is 3. The minimum atomic E-state index is -0.353. The van der Waals surface area contributed by atoms with Crippen molar-refractivity contribution in [3.8, 4) is 0 Å². The lowest BCUT2D eigenvalue weighted by Crippen LogP contribution is -2.61. The third kappa shape index (κ3) is 3.42.